The minimum Gasteiger partial charge on any atom is -0.300 e. The Hall–Kier alpha value is -1.31. The molecule has 0 saturated carbocycles. The first-order valence-electron chi connectivity index (χ1n) is 6.09. The molecule has 0 aliphatic carbocycles. The average molecular weight is 293 g/mol. The van der Waals surface area contributed by atoms with Gasteiger partial charge in [-0.25, -0.2) is 0 Å². The van der Waals surface area contributed by atoms with E-state index in [1.165, 1.54) is 0 Å². The van der Waals surface area contributed by atoms with E-state index in [1.807, 2.05) is 36.4 Å². The van der Waals surface area contributed by atoms with Gasteiger partial charge < -0.3 is 4.79 Å². The minimum atomic E-state index is 0.214. The second kappa shape index (κ2) is 6.23. The van der Waals surface area contributed by atoms with Gasteiger partial charge in [0.25, 0.3) is 0 Å². The molecule has 0 spiro atoms. The van der Waals surface area contributed by atoms with E-state index in [1.54, 1.807) is 13.0 Å². The number of Topliss-reactive ketones (excluding diaryl/α,β-unsaturated/α-hetero) is 1. The molecule has 0 unspecified atom stereocenters. The molecule has 2 rings (SSSR count). The normalized spacial score (nSPS) is 10.5. The summed E-state index contributed by atoms with van der Waals surface area (Å²) in [4.78, 5) is 11.0. The van der Waals surface area contributed by atoms with E-state index in [2.05, 4.69) is 0 Å². The van der Waals surface area contributed by atoms with Crippen molar-refractivity contribution in [2.24, 2.45) is 0 Å². The average Bonchev–Trinajstić information content (AvgIpc) is 2.36. The summed E-state index contributed by atoms with van der Waals surface area (Å²) in [6, 6.07) is 13.6. The summed E-state index contributed by atoms with van der Waals surface area (Å²) in [7, 11) is 0. The highest BCUT2D eigenvalue weighted by Gasteiger charge is 2.02. The van der Waals surface area contributed by atoms with Gasteiger partial charge >= 0.3 is 0 Å². The van der Waals surface area contributed by atoms with Crippen molar-refractivity contribution in [1.29, 1.82) is 0 Å². The third kappa shape index (κ3) is 4.09. The summed E-state index contributed by atoms with van der Waals surface area (Å²) in [6.45, 7) is 1.61. The Morgan fingerprint density at radius 2 is 1.53 bits per heavy atom. The monoisotopic (exact) mass is 292 g/mol. The van der Waals surface area contributed by atoms with Gasteiger partial charge in [0, 0.05) is 16.5 Å². The third-order valence-corrected chi connectivity index (χ3v) is 3.35. The van der Waals surface area contributed by atoms with Crippen molar-refractivity contribution in [2.75, 3.05) is 0 Å². The smallest absolute Gasteiger partial charge is 0.130 e. The standard InChI is InChI=1S/C16H14Cl2O/c1-11(19)2-3-12-4-6-13(7-5-12)14-8-15(17)10-16(18)9-14/h4-10H,2-3H2,1H3. The molecule has 19 heavy (non-hydrogen) atoms. The Labute approximate surface area is 123 Å². The maximum atomic E-state index is 11.0. The summed E-state index contributed by atoms with van der Waals surface area (Å²) in [5, 5.41) is 1.26. The molecule has 3 heteroatoms. The highest BCUT2D eigenvalue weighted by molar-refractivity contribution is 6.35. The summed E-state index contributed by atoms with van der Waals surface area (Å²) < 4.78 is 0. The Kier molecular flexibility index (Phi) is 4.62. The summed E-state index contributed by atoms with van der Waals surface area (Å²) in [5.41, 5.74) is 3.22. The zero-order chi connectivity index (χ0) is 13.8. The highest BCUT2D eigenvalue weighted by atomic mass is 35.5. The second-order valence-corrected chi connectivity index (χ2v) is 5.43. The molecule has 0 aliphatic rings. The molecule has 0 amide bonds. The van der Waals surface area contributed by atoms with Crippen molar-refractivity contribution in [2.45, 2.75) is 19.8 Å². The summed E-state index contributed by atoms with van der Waals surface area (Å²) in [5.74, 6) is 0.214. The maximum Gasteiger partial charge on any atom is 0.130 e. The Morgan fingerprint density at radius 1 is 0.947 bits per heavy atom. The first kappa shape index (κ1) is 14.1. The number of carbonyl (C=O) groups excluding carboxylic acids is 1. The van der Waals surface area contributed by atoms with E-state index < -0.39 is 0 Å². The number of hydrogen-bond donors (Lipinski definition) is 0. The van der Waals surface area contributed by atoms with Crippen LogP contribution in [0.15, 0.2) is 42.5 Å². The van der Waals surface area contributed by atoms with E-state index in [-0.39, 0.29) is 5.78 Å². The summed E-state index contributed by atoms with van der Waals surface area (Å²) in [6.07, 6.45) is 1.37. The topological polar surface area (TPSA) is 17.1 Å². The molecule has 0 heterocycles. The molecular formula is C16H14Cl2O. The lowest BCUT2D eigenvalue weighted by Crippen LogP contribution is -1.93. The van der Waals surface area contributed by atoms with Crippen LogP contribution in [0, 0.1) is 0 Å². The first-order valence-corrected chi connectivity index (χ1v) is 6.85. The highest BCUT2D eigenvalue weighted by Crippen LogP contribution is 2.27. The van der Waals surface area contributed by atoms with Crippen molar-refractivity contribution in [1.82, 2.24) is 0 Å². The van der Waals surface area contributed by atoms with Gasteiger partial charge in [0.1, 0.15) is 5.78 Å². The van der Waals surface area contributed by atoms with Crippen LogP contribution in [-0.4, -0.2) is 5.78 Å². The van der Waals surface area contributed by atoms with E-state index in [9.17, 15) is 4.79 Å². The molecule has 1 nitrogen and oxygen atoms in total. The van der Waals surface area contributed by atoms with Crippen LogP contribution in [0.4, 0.5) is 0 Å². The van der Waals surface area contributed by atoms with Crippen molar-refractivity contribution in [3.05, 3.63) is 58.1 Å². The quantitative estimate of drug-likeness (QED) is 0.759. The van der Waals surface area contributed by atoms with Gasteiger partial charge in [-0.3, -0.25) is 0 Å². The van der Waals surface area contributed by atoms with Gasteiger partial charge in [-0.2, -0.15) is 0 Å². The van der Waals surface area contributed by atoms with Crippen LogP contribution >= 0.6 is 23.2 Å². The predicted molar refractivity (Wildman–Crippen MR) is 80.9 cm³/mol. The molecule has 2 aromatic carbocycles. The zero-order valence-electron chi connectivity index (χ0n) is 10.6. The van der Waals surface area contributed by atoms with E-state index in [0.29, 0.717) is 16.5 Å². The fraction of sp³-hybridized carbons (Fsp3) is 0.188. The molecule has 2 aromatic rings. The van der Waals surface area contributed by atoms with Crippen molar-refractivity contribution >= 4 is 29.0 Å². The number of aryl methyl sites for hydroxylation is 1. The molecule has 0 aliphatic heterocycles. The molecule has 0 fully saturated rings. The lowest BCUT2D eigenvalue weighted by Gasteiger charge is -2.05. The molecule has 0 N–H and O–H groups in total. The molecule has 0 bridgehead atoms. The lowest BCUT2D eigenvalue weighted by atomic mass is 10.0. The van der Waals surface area contributed by atoms with Gasteiger partial charge in [0.2, 0.25) is 0 Å². The van der Waals surface area contributed by atoms with Crippen LogP contribution in [0.5, 0.6) is 0 Å². The third-order valence-electron chi connectivity index (χ3n) is 2.92. The van der Waals surface area contributed by atoms with Gasteiger partial charge in [0.05, 0.1) is 0 Å². The Balaban J connectivity index is 2.19. The minimum absolute atomic E-state index is 0.214. The fourth-order valence-electron chi connectivity index (χ4n) is 1.90. The summed E-state index contributed by atoms with van der Waals surface area (Å²) >= 11 is 12.0. The van der Waals surface area contributed by atoms with Crippen molar-refractivity contribution in [3.8, 4) is 11.1 Å². The fourth-order valence-corrected chi connectivity index (χ4v) is 2.43. The van der Waals surface area contributed by atoms with Crippen LogP contribution in [0.2, 0.25) is 10.0 Å². The number of ketones is 1. The van der Waals surface area contributed by atoms with Crippen LogP contribution < -0.4 is 0 Å². The molecule has 0 aromatic heterocycles. The number of benzene rings is 2. The number of halogens is 2. The molecule has 0 saturated heterocycles. The molecule has 0 radical (unpaired) electrons. The van der Waals surface area contributed by atoms with Crippen LogP contribution in [-0.2, 0) is 11.2 Å². The predicted octanol–water partition coefficient (Wildman–Crippen LogP) is 5.18. The van der Waals surface area contributed by atoms with Crippen LogP contribution in [0.3, 0.4) is 0 Å². The zero-order valence-corrected chi connectivity index (χ0v) is 12.1. The number of rotatable bonds is 4. The molecular weight excluding hydrogens is 279 g/mol. The van der Waals surface area contributed by atoms with Crippen LogP contribution in [0.25, 0.3) is 11.1 Å². The number of carbonyl (C=O) groups is 1. The van der Waals surface area contributed by atoms with Gasteiger partial charge in [0.15, 0.2) is 0 Å². The van der Waals surface area contributed by atoms with Crippen LogP contribution in [0.1, 0.15) is 18.9 Å². The van der Waals surface area contributed by atoms with Gasteiger partial charge in [-0.05, 0) is 48.2 Å². The second-order valence-electron chi connectivity index (χ2n) is 4.56. The molecule has 0 atom stereocenters. The Morgan fingerprint density at radius 3 is 2.05 bits per heavy atom. The van der Waals surface area contributed by atoms with Gasteiger partial charge in [-0.15, -0.1) is 0 Å². The maximum absolute atomic E-state index is 11.0. The van der Waals surface area contributed by atoms with E-state index >= 15 is 0 Å². The lowest BCUT2D eigenvalue weighted by molar-refractivity contribution is -0.116. The van der Waals surface area contributed by atoms with Crippen molar-refractivity contribution < 1.29 is 4.79 Å². The first-order chi connectivity index (χ1) is 9.04. The van der Waals surface area contributed by atoms with Gasteiger partial charge in [-0.1, -0.05) is 47.5 Å². The molecule has 98 valence electrons. The largest absolute Gasteiger partial charge is 0.300 e. The Bertz CT molecular complexity index is 568. The van der Waals surface area contributed by atoms with E-state index in [0.717, 1.165) is 23.1 Å². The number of hydrogen-bond acceptors (Lipinski definition) is 1. The van der Waals surface area contributed by atoms with E-state index in [4.69, 9.17) is 23.2 Å². The SMILES string of the molecule is CC(=O)CCc1ccc(-c2cc(Cl)cc(Cl)c2)cc1. The van der Waals surface area contributed by atoms with Crippen molar-refractivity contribution in [3.63, 3.8) is 0 Å².